The summed E-state index contributed by atoms with van der Waals surface area (Å²) in [5, 5.41) is 3.51. The van der Waals surface area contributed by atoms with Crippen molar-refractivity contribution in [1.82, 2.24) is 5.32 Å². The van der Waals surface area contributed by atoms with E-state index >= 15 is 0 Å². The molecule has 0 aromatic carbocycles. The van der Waals surface area contributed by atoms with E-state index in [2.05, 4.69) is 21.2 Å². The molecule has 0 aliphatic carbocycles. The lowest BCUT2D eigenvalue weighted by atomic mass is 10.2. The van der Waals surface area contributed by atoms with Crippen LogP contribution in [0.1, 0.15) is 27.2 Å². The Balaban J connectivity index is 3.23. The highest BCUT2D eigenvalue weighted by Crippen LogP contribution is 2.06. The van der Waals surface area contributed by atoms with Gasteiger partial charge < -0.3 is 19.5 Å². The lowest BCUT2D eigenvalue weighted by Gasteiger charge is -2.19. The minimum Gasteiger partial charge on any atom is -0.444 e. The molecule has 0 saturated carbocycles. The lowest BCUT2D eigenvalue weighted by molar-refractivity contribution is 0.0469. The van der Waals surface area contributed by atoms with E-state index in [1.54, 1.807) is 0 Å². The lowest BCUT2D eigenvalue weighted by Crippen LogP contribution is -2.33. The smallest absolute Gasteiger partial charge is 0.407 e. The summed E-state index contributed by atoms with van der Waals surface area (Å²) >= 11 is 3.27. The first-order chi connectivity index (χ1) is 8.45. The topological polar surface area (TPSA) is 56.8 Å². The van der Waals surface area contributed by atoms with Gasteiger partial charge in [0.05, 0.1) is 19.8 Å². The van der Waals surface area contributed by atoms with Crippen LogP contribution >= 0.6 is 15.9 Å². The highest BCUT2D eigenvalue weighted by Gasteiger charge is 2.15. The highest BCUT2D eigenvalue weighted by molar-refractivity contribution is 9.09. The van der Waals surface area contributed by atoms with Crippen LogP contribution in [0.4, 0.5) is 4.79 Å². The van der Waals surface area contributed by atoms with Crippen LogP contribution in [0.3, 0.4) is 0 Å². The van der Waals surface area contributed by atoms with Crippen molar-refractivity contribution < 1.29 is 19.0 Å². The molecule has 18 heavy (non-hydrogen) atoms. The van der Waals surface area contributed by atoms with Crippen LogP contribution in [0.15, 0.2) is 0 Å². The van der Waals surface area contributed by atoms with Gasteiger partial charge in [0.1, 0.15) is 5.60 Å². The minimum absolute atomic E-state index is 0.386. The molecule has 0 bridgehead atoms. The van der Waals surface area contributed by atoms with E-state index < -0.39 is 5.60 Å². The van der Waals surface area contributed by atoms with Gasteiger partial charge in [0.25, 0.3) is 0 Å². The molecular weight excluding hydrogens is 302 g/mol. The summed E-state index contributed by atoms with van der Waals surface area (Å²) < 4.78 is 15.6. The van der Waals surface area contributed by atoms with Gasteiger partial charge in [-0.2, -0.15) is 0 Å². The van der Waals surface area contributed by atoms with E-state index in [1.165, 1.54) is 0 Å². The fourth-order valence-electron chi connectivity index (χ4n) is 1.06. The monoisotopic (exact) mass is 325 g/mol. The van der Waals surface area contributed by atoms with Crippen molar-refractivity contribution in [3.8, 4) is 0 Å². The summed E-state index contributed by atoms with van der Waals surface area (Å²) in [5.74, 6) is 0. The van der Waals surface area contributed by atoms with E-state index in [-0.39, 0.29) is 6.09 Å². The summed E-state index contributed by atoms with van der Waals surface area (Å²) in [6.07, 6.45) is 0.376. The van der Waals surface area contributed by atoms with Crippen molar-refractivity contribution in [3.63, 3.8) is 0 Å². The minimum atomic E-state index is -0.451. The van der Waals surface area contributed by atoms with Gasteiger partial charge >= 0.3 is 6.09 Å². The second kappa shape index (κ2) is 10.6. The van der Waals surface area contributed by atoms with Gasteiger partial charge in [-0.1, -0.05) is 15.9 Å². The van der Waals surface area contributed by atoms with Crippen molar-refractivity contribution in [2.75, 3.05) is 38.3 Å². The van der Waals surface area contributed by atoms with Crippen LogP contribution in [0.5, 0.6) is 0 Å². The molecule has 1 amide bonds. The molecule has 0 aromatic rings. The zero-order chi connectivity index (χ0) is 13.9. The normalized spacial score (nSPS) is 11.3. The molecular formula is C12H24BrNO4. The summed E-state index contributed by atoms with van der Waals surface area (Å²) in [6.45, 7) is 8.55. The number of carbonyl (C=O) groups excluding carboxylic acids is 1. The maximum absolute atomic E-state index is 11.3. The highest BCUT2D eigenvalue weighted by atomic mass is 79.9. The molecule has 0 fully saturated rings. The second-order valence-corrected chi connectivity index (χ2v) is 5.49. The zero-order valence-electron chi connectivity index (χ0n) is 11.5. The Morgan fingerprint density at radius 1 is 1.11 bits per heavy atom. The van der Waals surface area contributed by atoms with Gasteiger partial charge in [-0.05, 0) is 27.2 Å². The number of ether oxygens (including phenoxy) is 3. The molecule has 0 spiro atoms. The van der Waals surface area contributed by atoms with Crippen molar-refractivity contribution in [1.29, 1.82) is 0 Å². The number of hydrogen-bond acceptors (Lipinski definition) is 4. The van der Waals surface area contributed by atoms with E-state index in [0.29, 0.717) is 33.0 Å². The van der Waals surface area contributed by atoms with E-state index in [0.717, 1.165) is 11.8 Å². The second-order valence-electron chi connectivity index (χ2n) is 4.70. The number of alkyl carbamates (subject to hydrolysis) is 1. The van der Waals surface area contributed by atoms with Crippen LogP contribution in [0.25, 0.3) is 0 Å². The Bertz CT molecular complexity index is 219. The fraction of sp³-hybridized carbons (Fsp3) is 0.917. The standard InChI is InChI=1S/C12H24BrNO4/c1-12(2,3)18-11(15)14-6-4-7-16-9-10-17-8-5-13/h4-10H2,1-3H3,(H,14,15). The number of carbonyl (C=O) groups is 1. The van der Waals surface area contributed by atoms with E-state index in [4.69, 9.17) is 14.2 Å². The van der Waals surface area contributed by atoms with Crippen molar-refractivity contribution >= 4 is 22.0 Å². The molecule has 0 unspecified atom stereocenters. The molecule has 108 valence electrons. The molecule has 0 rings (SSSR count). The van der Waals surface area contributed by atoms with Gasteiger partial charge in [-0.25, -0.2) is 4.79 Å². The maximum Gasteiger partial charge on any atom is 0.407 e. The first-order valence-corrected chi connectivity index (χ1v) is 7.26. The maximum atomic E-state index is 11.3. The van der Waals surface area contributed by atoms with Gasteiger partial charge in [-0.15, -0.1) is 0 Å². The summed E-state index contributed by atoms with van der Waals surface area (Å²) in [4.78, 5) is 11.3. The molecule has 0 saturated heterocycles. The average molecular weight is 326 g/mol. The number of hydrogen-bond donors (Lipinski definition) is 1. The molecule has 0 aliphatic rings. The zero-order valence-corrected chi connectivity index (χ0v) is 13.0. The fourth-order valence-corrected chi connectivity index (χ4v) is 1.28. The first-order valence-electron chi connectivity index (χ1n) is 6.14. The van der Waals surface area contributed by atoms with Gasteiger partial charge in [0.2, 0.25) is 0 Å². The Hall–Kier alpha value is -0.330. The van der Waals surface area contributed by atoms with Crippen molar-refractivity contribution in [3.05, 3.63) is 0 Å². The SMILES string of the molecule is CC(C)(C)OC(=O)NCCCOCCOCCBr. The molecule has 0 heterocycles. The third-order valence-corrected chi connectivity index (χ3v) is 2.05. The predicted molar refractivity (Wildman–Crippen MR) is 74.3 cm³/mol. The Morgan fingerprint density at radius 2 is 1.72 bits per heavy atom. The molecule has 0 aliphatic heterocycles. The molecule has 1 N–H and O–H groups in total. The molecule has 6 heteroatoms. The Morgan fingerprint density at radius 3 is 2.28 bits per heavy atom. The number of halogens is 1. The number of rotatable bonds is 9. The molecule has 0 radical (unpaired) electrons. The van der Waals surface area contributed by atoms with Crippen LogP contribution in [-0.2, 0) is 14.2 Å². The number of nitrogens with one attached hydrogen (secondary N) is 1. The number of amides is 1. The van der Waals surface area contributed by atoms with E-state index in [1.807, 2.05) is 20.8 Å². The molecule has 5 nitrogen and oxygen atoms in total. The average Bonchev–Trinajstić information content (AvgIpc) is 2.24. The summed E-state index contributed by atoms with van der Waals surface area (Å²) in [6, 6.07) is 0. The van der Waals surface area contributed by atoms with Gasteiger partial charge in [0, 0.05) is 18.5 Å². The summed E-state index contributed by atoms with van der Waals surface area (Å²) in [5.41, 5.74) is -0.451. The predicted octanol–water partition coefficient (Wildman–Crippen LogP) is 2.33. The summed E-state index contributed by atoms with van der Waals surface area (Å²) in [7, 11) is 0. The molecule has 0 aromatic heterocycles. The van der Waals surface area contributed by atoms with Gasteiger partial charge in [0.15, 0.2) is 0 Å². The van der Waals surface area contributed by atoms with Crippen LogP contribution in [-0.4, -0.2) is 50.0 Å². The Labute approximate surface area is 118 Å². The molecule has 0 atom stereocenters. The Kier molecular flexibility index (Phi) is 10.4. The van der Waals surface area contributed by atoms with Crippen molar-refractivity contribution in [2.24, 2.45) is 0 Å². The third-order valence-electron chi connectivity index (χ3n) is 1.73. The van der Waals surface area contributed by atoms with Crippen molar-refractivity contribution in [2.45, 2.75) is 32.8 Å². The first kappa shape index (κ1) is 17.7. The van der Waals surface area contributed by atoms with Crippen LogP contribution < -0.4 is 5.32 Å². The number of alkyl halides is 1. The largest absolute Gasteiger partial charge is 0.444 e. The quantitative estimate of drug-likeness (QED) is 0.522. The third kappa shape index (κ3) is 13.7. The van der Waals surface area contributed by atoms with E-state index in [9.17, 15) is 4.79 Å². The van der Waals surface area contributed by atoms with Crippen LogP contribution in [0, 0.1) is 0 Å². The van der Waals surface area contributed by atoms with Gasteiger partial charge in [-0.3, -0.25) is 0 Å². The van der Waals surface area contributed by atoms with Crippen LogP contribution in [0.2, 0.25) is 0 Å².